The van der Waals surface area contributed by atoms with Crippen LogP contribution in [0.25, 0.3) is 0 Å². The molecule has 0 amide bonds. The van der Waals surface area contributed by atoms with Crippen LogP contribution in [0, 0.1) is 5.92 Å². The van der Waals surface area contributed by atoms with Gasteiger partial charge < -0.3 is 10.1 Å². The van der Waals surface area contributed by atoms with Crippen LogP contribution in [0.15, 0.2) is 12.1 Å². The number of hydrogen-bond acceptors (Lipinski definition) is 3. The van der Waals surface area contributed by atoms with E-state index in [-0.39, 0.29) is 0 Å². The molecule has 1 aromatic rings. The number of thiophene rings is 1. The summed E-state index contributed by atoms with van der Waals surface area (Å²) >= 11 is 7.57. The van der Waals surface area contributed by atoms with E-state index < -0.39 is 0 Å². The van der Waals surface area contributed by atoms with Gasteiger partial charge in [-0.25, -0.2) is 0 Å². The van der Waals surface area contributed by atoms with E-state index in [1.54, 1.807) is 11.3 Å². The van der Waals surface area contributed by atoms with Crippen LogP contribution in [-0.2, 0) is 11.3 Å². The van der Waals surface area contributed by atoms with Gasteiger partial charge in [0, 0.05) is 24.1 Å². The zero-order chi connectivity index (χ0) is 11.0. The molecule has 88 valence electrons. The number of nitrogens with one attached hydrogen (secondary N) is 1. The van der Waals surface area contributed by atoms with Crippen LogP contribution < -0.4 is 5.32 Å². The van der Waals surface area contributed by atoms with E-state index in [9.17, 15) is 0 Å². The Hall–Kier alpha value is -0.0900. The summed E-state index contributed by atoms with van der Waals surface area (Å²) in [6.45, 7) is 1.85. The number of hydrogen-bond donors (Lipinski definition) is 1. The molecule has 1 N–H and O–H groups in total. The lowest BCUT2D eigenvalue weighted by atomic mass is 10.1. The molecule has 4 heteroatoms. The summed E-state index contributed by atoms with van der Waals surface area (Å²) in [5, 5.41) is 3.61. The minimum atomic E-state index is 0.468. The van der Waals surface area contributed by atoms with Gasteiger partial charge in [-0.15, -0.1) is 11.3 Å². The molecule has 1 aliphatic carbocycles. The number of ether oxygens (including phenoxy) is 1. The molecule has 2 aliphatic rings. The van der Waals surface area contributed by atoms with Crippen molar-refractivity contribution < 1.29 is 4.74 Å². The summed E-state index contributed by atoms with van der Waals surface area (Å²) in [7, 11) is 0. The fourth-order valence-electron chi connectivity index (χ4n) is 2.40. The Bertz CT molecular complexity index is 364. The lowest BCUT2D eigenvalue weighted by Crippen LogP contribution is -2.36. The van der Waals surface area contributed by atoms with Crippen molar-refractivity contribution in [1.82, 2.24) is 5.32 Å². The summed E-state index contributed by atoms with van der Waals surface area (Å²) in [6, 6.07) is 4.61. The van der Waals surface area contributed by atoms with Crippen LogP contribution in [-0.4, -0.2) is 18.8 Å². The predicted molar refractivity (Wildman–Crippen MR) is 67.0 cm³/mol. The highest BCUT2D eigenvalue weighted by molar-refractivity contribution is 7.16. The van der Waals surface area contributed by atoms with E-state index in [1.165, 1.54) is 17.7 Å². The monoisotopic (exact) mass is 257 g/mol. The fourth-order valence-corrected chi connectivity index (χ4v) is 3.44. The van der Waals surface area contributed by atoms with Crippen molar-refractivity contribution >= 4 is 22.9 Å². The molecule has 0 spiro atoms. The number of rotatable bonds is 4. The second-order valence-corrected chi connectivity index (χ2v) is 6.45. The van der Waals surface area contributed by atoms with E-state index >= 15 is 0 Å². The fraction of sp³-hybridized carbons (Fsp3) is 0.667. The second kappa shape index (κ2) is 4.65. The summed E-state index contributed by atoms with van der Waals surface area (Å²) in [6.07, 6.45) is 4.33. The highest BCUT2D eigenvalue weighted by atomic mass is 35.5. The van der Waals surface area contributed by atoms with E-state index in [0.29, 0.717) is 12.1 Å². The first-order valence-electron chi connectivity index (χ1n) is 5.92. The Morgan fingerprint density at radius 2 is 2.25 bits per heavy atom. The summed E-state index contributed by atoms with van der Waals surface area (Å²) in [5.41, 5.74) is 0. The Kier molecular flexibility index (Phi) is 3.20. The summed E-state index contributed by atoms with van der Waals surface area (Å²) in [5.74, 6) is 0.826. The summed E-state index contributed by atoms with van der Waals surface area (Å²) in [4.78, 5) is 1.31. The first kappa shape index (κ1) is 11.0. The Labute approximate surface area is 105 Å². The molecule has 1 aliphatic heterocycles. The second-order valence-electron chi connectivity index (χ2n) is 4.65. The molecule has 1 saturated carbocycles. The van der Waals surface area contributed by atoms with Crippen LogP contribution in [0.3, 0.4) is 0 Å². The third-order valence-corrected chi connectivity index (χ3v) is 4.62. The average molecular weight is 258 g/mol. The predicted octanol–water partition coefficient (Wildman–Crippen LogP) is 3.06. The molecule has 0 bridgehead atoms. The van der Waals surface area contributed by atoms with Gasteiger partial charge in [0.1, 0.15) is 0 Å². The highest BCUT2D eigenvalue weighted by Crippen LogP contribution is 2.38. The average Bonchev–Trinajstić information content (AvgIpc) is 2.86. The SMILES string of the molecule is Clc1ccc(CNC2CCOC2C2CC2)s1. The van der Waals surface area contributed by atoms with Crippen LogP contribution in [0.4, 0.5) is 0 Å². The van der Waals surface area contributed by atoms with E-state index in [1.807, 2.05) is 6.07 Å². The Balaban J connectivity index is 1.54. The minimum Gasteiger partial charge on any atom is -0.376 e. The maximum absolute atomic E-state index is 5.91. The van der Waals surface area contributed by atoms with Crippen LogP contribution >= 0.6 is 22.9 Å². The molecular weight excluding hydrogens is 242 g/mol. The van der Waals surface area contributed by atoms with Gasteiger partial charge >= 0.3 is 0 Å². The van der Waals surface area contributed by atoms with Crippen molar-refractivity contribution in [3.63, 3.8) is 0 Å². The molecule has 0 aromatic carbocycles. The maximum Gasteiger partial charge on any atom is 0.0931 e. The lowest BCUT2D eigenvalue weighted by Gasteiger charge is -2.18. The van der Waals surface area contributed by atoms with Gasteiger partial charge in [0.2, 0.25) is 0 Å². The van der Waals surface area contributed by atoms with Crippen LogP contribution in [0.2, 0.25) is 4.34 Å². The molecule has 2 heterocycles. The largest absolute Gasteiger partial charge is 0.376 e. The first-order chi connectivity index (χ1) is 7.83. The molecule has 2 unspecified atom stereocenters. The molecule has 2 nitrogen and oxygen atoms in total. The molecule has 1 aromatic heterocycles. The topological polar surface area (TPSA) is 21.3 Å². The number of halogens is 1. The van der Waals surface area contributed by atoms with Gasteiger partial charge in [0.05, 0.1) is 10.4 Å². The third-order valence-electron chi connectivity index (χ3n) is 3.39. The van der Waals surface area contributed by atoms with Gasteiger partial charge in [0.25, 0.3) is 0 Å². The standard InChI is InChI=1S/C12H16ClNOS/c13-11-4-3-9(16-11)7-14-10-5-6-15-12(10)8-1-2-8/h3-4,8,10,12,14H,1-2,5-7H2. The normalized spacial score (nSPS) is 29.8. The van der Waals surface area contributed by atoms with Gasteiger partial charge in [-0.2, -0.15) is 0 Å². The van der Waals surface area contributed by atoms with E-state index in [4.69, 9.17) is 16.3 Å². The Morgan fingerprint density at radius 3 is 2.94 bits per heavy atom. The molecule has 2 fully saturated rings. The van der Waals surface area contributed by atoms with Crippen molar-refractivity contribution in [3.05, 3.63) is 21.3 Å². The van der Waals surface area contributed by atoms with Gasteiger partial charge in [-0.1, -0.05) is 11.6 Å². The van der Waals surface area contributed by atoms with Gasteiger partial charge in [0.15, 0.2) is 0 Å². The van der Waals surface area contributed by atoms with Crippen molar-refractivity contribution in [2.24, 2.45) is 5.92 Å². The first-order valence-corrected chi connectivity index (χ1v) is 7.11. The quantitative estimate of drug-likeness (QED) is 0.895. The van der Waals surface area contributed by atoms with E-state index in [2.05, 4.69) is 11.4 Å². The molecule has 3 rings (SSSR count). The van der Waals surface area contributed by atoms with Crippen molar-refractivity contribution in [3.8, 4) is 0 Å². The lowest BCUT2D eigenvalue weighted by molar-refractivity contribution is 0.0809. The van der Waals surface area contributed by atoms with Crippen LogP contribution in [0.5, 0.6) is 0 Å². The molecule has 16 heavy (non-hydrogen) atoms. The van der Waals surface area contributed by atoms with Crippen molar-refractivity contribution in [2.75, 3.05) is 6.61 Å². The van der Waals surface area contributed by atoms with Gasteiger partial charge in [-0.3, -0.25) is 0 Å². The molecule has 0 radical (unpaired) electrons. The zero-order valence-corrected chi connectivity index (χ0v) is 10.7. The Morgan fingerprint density at radius 1 is 1.38 bits per heavy atom. The van der Waals surface area contributed by atoms with E-state index in [0.717, 1.165) is 29.8 Å². The third kappa shape index (κ3) is 2.43. The summed E-state index contributed by atoms with van der Waals surface area (Å²) < 4.78 is 6.67. The molecule has 2 atom stereocenters. The maximum atomic E-state index is 5.91. The zero-order valence-electron chi connectivity index (χ0n) is 9.12. The van der Waals surface area contributed by atoms with Crippen molar-refractivity contribution in [2.45, 2.75) is 38.0 Å². The van der Waals surface area contributed by atoms with Crippen LogP contribution in [0.1, 0.15) is 24.1 Å². The van der Waals surface area contributed by atoms with Crippen molar-refractivity contribution in [1.29, 1.82) is 0 Å². The highest BCUT2D eigenvalue weighted by Gasteiger charge is 2.40. The van der Waals surface area contributed by atoms with Gasteiger partial charge in [-0.05, 0) is 37.3 Å². The smallest absolute Gasteiger partial charge is 0.0931 e. The molecular formula is C12H16ClNOS. The molecule has 1 saturated heterocycles. The minimum absolute atomic E-state index is 0.468.